The largest absolute Gasteiger partial charge is 0.337 e. The second-order valence-electron chi connectivity index (χ2n) is 5.99. The number of amides is 1. The molecule has 3 rings (SSSR count). The number of piperidine rings is 1. The van der Waals surface area contributed by atoms with Gasteiger partial charge in [0.1, 0.15) is 5.01 Å². The fourth-order valence-electron chi connectivity index (χ4n) is 3.17. The fraction of sp³-hybridized carbons (Fsp3) is 0.471. The van der Waals surface area contributed by atoms with Gasteiger partial charge in [-0.3, -0.25) is 9.78 Å². The SMILES string of the molecule is CC1CCCC(C)N1C(=O)Cc1csc(-c2ccncc2)n1. The van der Waals surface area contributed by atoms with Crippen molar-refractivity contribution in [2.45, 2.75) is 51.6 Å². The first-order chi connectivity index (χ1) is 10.6. The number of thiazole rings is 1. The highest BCUT2D eigenvalue weighted by molar-refractivity contribution is 7.13. The number of aromatic nitrogens is 2. The van der Waals surface area contributed by atoms with Gasteiger partial charge < -0.3 is 4.90 Å². The van der Waals surface area contributed by atoms with E-state index in [1.807, 2.05) is 17.5 Å². The number of carbonyl (C=O) groups is 1. The summed E-state index contributed by atoms with van der Waals surface area (Å²) in [7, 11) is 0. The number of likely N-dealkylation sites (tertiary alicyclic amines) is 1. The van der Waals surface area contributed by atoms with E-state index >= 15 is 0 Å². The van der Waals surface area contributed by atoms with Crippen LogP contribution in [0.15, 0.2) is 29.9 Å². The zero-order chi connectivity index (χ0) is 15.5. The van der Waals surface area contributed by atoms with Crippen LogP contribution in [0, 0.1) is 0 Å². The topological polar surface area (TPSA) is 46.1 Å². The lowest BCUT2D eigenvalue weighted by Crippen LogP contribution is -2.48. The summed E-state index contributed by atoms with van der Waals surface area (Å²) in [6.07, 6.45) is 7.35. The smallest absolute Gasteiger partial charge is 0.229 e. The van der Waals surface area contributed by atoms with Gasteiger partial charge in [0, 0.05) is 35.4 Å². The molecule has 0 aliphatic carbocycles. The Labute approximate surface area is 135 Å². The fourth-order valence-corrected chi connectivity index (χ4v) is 4.00. The Morgan fingerprint density at radius 1 is 1.27 bits per heavy atom. The summed E-state index contributed by atoms with van der Waals surface area (Å²) in [6.45, 7) is 4.30. The molecule has 1 fully saturated rings. The molecule has 0 bridgehead atoms. The normalized spacial score (nSPS) is 21.8. The van der Waals surface area contributed by atoms with E-state index in [1.54, 1.807) is 23.7 Å². The summed E-state index contributed by atoms with van der Waals surface area (Å²) < 4.78 is 0. The van der Waals surface area contributed by atoms with Crippen molar-refractivity contribution in [2.24, 2.45) is 0 Å². The minimum atomic E-state index is 0.200. The number of nitrogens with zero attached hydrogens (tertiary/aromatic N) is 3. The number of pyridine rings is 1. The molecule has 1 aliphatic heterocycles. The summed E-state index contributed by atoms with van der Waals surface area (Å²) in [6, 6.07) is 4.57. The van der Waals surface area contributed by atoms with E-state index < -0.39 is 0 Å². The molecule has 3 heterocycles. The quantitative estimate of drug-likeness (QED) is 0.870. The van der Waals surface area contributed by atoms with Crippen LogP contribution < -0.4 is 0 Å². The maximum atomic E-state index is 12.6. The highest BCUT2D eigenvalue weighted by Gasteiger charge is 2.29. The Balaban J connectivity index is 1.71. The van der Waals surface area contributed by atoms with E-state index in [0.29, 0.717) is 18.5 Å². The highest BCUT2D eigenvalue weighted by atomic mass is 32.1. The lowest BCUT2D eigenvalue weighted by atomic mass is 9.97. The maximum Gasteiger partial charge on any atom is 0.229 e. The molecule has 1 aliphatic rings. The van der Waals surface area contributed by atoms with Crippen molar-refractivity contribution in [3.05, 3.63) is 35.6 Å². The Hall–Kier alpha value is -1.75. The van der Waals surface area contributed by atoms with Gasteiger partial charge in [0.25, 0.3) is 0 Å². The molecule has 0 N–H and O–H groups in total. The molecule has 116 valence electrons. The van der Waals surface area contributed by atoms with E-state index in [0.717, 1.165) is 29.1 Å². The molecule has 1 saturated heterocycles. The molecule has 2 aromatic heterocycles. The number of hydrogen-bond donors (Lipinski definition) is 0. The van der Waals surface area contributed by atoms with Gasteiger partial charge in [0.05, 0.1) is 12.1 Å². The van der Waals surface area contributed by atoms with Crippen LogP contribution in [0.4, 0.5) is 0 Å². The van der Waals surface area contributed by atoms with Crippen LogP contribution in [0.5, 0.6) is 0 Å². The van der Waals surface area contributed by atoms with Crippen molar-refractivity contribution in [1.82, 2.24) is 14.9 Å². The third kappa shape index (κ3) is 3.19. The Morgan fingerprint density at radius 3 is 2.64 bits per heavy atom. The highest BCUT2D eigenvalue weighted by Crippen LogP contribution is 2.26. The lowest BCUT2D eigenvalue weighted by Gasteiger charge is -2.39. The van der Waals surface area contributed by atoms with Crippen LogP contribution >= 0.6 is 11.3 Å². The molecule has 5 heteroatoms. The van der Waals surface area contributed by atoms with Crippen molar-refractivity contribution in [3.63, 3.8) is 0 Å². The third-order valence-corrected chi connectivity index (χ3v) is 5.23. The molecule has 2 aromatic rings. The monoisotopic (exact) mass is 315 g/mol. The van der Waals surface area contributed by atoms with Gasteiger partial charge in [-0.25, -0.2) is 4.98 Å². The van der Waals surface area contributed by atoms with Crippen molar-refractivity contribution in [3.8, 4) is 10.6 Å². The molecule has 22 heavy (non-hydrogen) atoms. The molecular formula is C17H21N3OS. The second kappa shape index (κ2) is 6.57. The van der Waals surface area contributed by atoms with Gasteiger partial charge in [-0.1, -0.05) is 0 Å². The summed E-state index contributed by atoms with van der Waals surface area (Å²) in [5.41, 5.74) is 1.92. The minimum absolute atomic E-state index is 0.200. The van der Waals surface area contributed by atoms with Crippen LogP contribution in [0.2, 0.25) is 0 Å². The van der Waals surface area contributed by atoms with Crippen LogP contribution in [0.1, 0.15) is 38.8 Å². The van der Waals surface area contributed by atoms with Gasteiger partial charge in [-0.05, 0) is 45.2 Å². The molecule has 0 saturated carbocycles. The Kier molecular flexibility index (Phi) is 4.52. The van der Waals surface area contributed by atoms with Crippen LogP contribution in [-0.4, -0.2) is 32.9 Å². The van der Waals surface area contributed by atoms with Gasteiger partial charge in [0.15, 0.2) is 0 Å². The number of hydrogen-bond acceptors (Lipinski definition) is 4. The predicted molar refractivity (Wildman–Crippen MR) is 88.7 cm³/mol. The number of rotatable bonds is 3. The third-order valence-electron chi connectivity index (χ3n) is 4.29. The maximum absolute atomic E-state index is 12.6. The van der Waals surface area contributed by atoms with E-state index in [9.17, 15) is 4.79 Å². The molecule has 1 amide bonds. The van der Waals surface area contributed by atoms with Crippen molar-refractivity contribution in [1.29, 1.82) is 0 Å². The predicted octanol–water partition coefficient (Wildman–Crippen LogP) is 3.54. The summed E-state index contributed by atoms with van der Waals surface area (Å²) in [4.78, 5) is 23.3. The number of carbonyl (C=O) groups excluding carboxylic acids is 1. The van der Waals surface area contributed by atoms with E-state index in [1.165, 1.54) is 6.42 Å². The second-order valence-corrected chi connectivity index (χ2v) is 6.84. The van der Waals surface area contributed by atoms with E-state index in [2.05, 4.69) is 28.7 Å². The summed E-state index contributed by atoms with van der Waals surface area (Å²) in [5, 5.41) is 2.94. The molecule has 2 atom stereocenters. The van der Waals surface area contributed by atoms with Crippen LogP contribution in [0.3, 0.4) is 0 Å². The van der Waals surface area contributed by atoms with Gasteiger partial charge in [-0.15, -0.1) is 11.3 Å². The summed E-state index contributed by atoms with van der Waals surface area (Å²) in [5.74, 6) is 0.200. The molecular weight excluding hydrogens is 294 g/mol. The molecule has 4 nitrogen and oxygen atoms in total. The first kappa shape index (κ1) is 15.2. The van der Waals surface area contributed by atoms with E-state index in [-0.39, 0.29) is 5.91 Å². The zero-order valence-electron chi connectivity index (χ0n) is 13.0. The first-order valence-corrected chi connectivity index (χ1v) is 8.69. The van der Waals surface area contributed by atoms with Gasteiger partial charge in [-0.2, -0.15) is 0 Å². The lowest BCUT2D eigenvalue weighted by molar-refractivity contribution is -0.136. The Bertz CT molecular complexity index is 630. The van der Waals surface area contributed by atoms with Crippen molar-refractivity contribution in [2.75, 3.05) is 0 Å². The minimum Gasteiger partial charge on any atom is -0.337 e. The Morgan fingerprint density at radius 2 is 1.95 bits per heavy atom. The first-order valence-electron chi connectivity index (χ1n) is 7.81. The summed E-state index contributed by atoms with van der Waals surface area (Å²) >= 11 is 1.58. The van der Waals surface area contributed by atoms with E-state index in [4.69, 9.17) is 0 Å². The van der Waals surface area contributed by atoms with Crippen LogP contribution in [0.25, 0.3) is 10.6 Å². The standard InChI is InChI=1S/C17H21N3OS/c1-12-4-3-5-13(2)20(12)16(21)10-15-11-22-17(19-15)14-6-8-18-9-7-14/h6-9,11-13H,3-5,10H2,1-2H3. The van der Waals surface area contributed by atoms with Crippen LogP contribution in [-0.2, 0) is 11.2 Å². The molecule has 0 aromatic carbocycles. The molecule has 0 radical (unpaired) electrons. The average Bonchev–Trinajstić information content (AvgIpc) is 2.96. The van der Waals surface area contributed by atoms with Gasteiger partial charge in [0.2, 0.25) is 5.91 Å². The van der Waals surface area contributed by atoms with Crippen molar-refractivity contribution >= 4 is 17.2 Å². The molecule has 0 spiro atoms. The van der Waals surface area contributed by atoms with Gasteiger partial charge >= 0.3 is 0 Å². The molecule has 2 unspecified atom stereocenters. The zero-order valence-corrected chi connectivity index (χ0v) is 13.8. The average molecular weight is 315 g/mol. The van der Waals surface area contributed by atoms with Crippen molar-refractivity contribution < 1.29 is 4.79 Å².